The van der Waals surface area contributed by atoms with Crippen LogP contribution < -0.4 is 4.90 Å². The third kappa shape index (κ3) is 2.77. The van der Waals surface area contributed by atoms with Gasteiger partial charge in [-0.1, -0.05) is 103 Å². The van der Waals surface area contributed by atoms with E-state index < -0.39 is 0 Å². The summed E-state index contributed by atoms with van der Waals surface area (Å²) >= 11 is 0. The van der Waals surface area contributed by atoms with Crippen molar-refractivity contribution in [3.8, 4) is 33.4 Å². The van der Waals surface area contributed by atoms with Crippen molar-refractivity contribution in [3.63, 3.8) is 0 Å². The number of hydrogen-bond donors (Lipinski definition) is 0. The maximum atomic E-state index is 6.21. The molecular formula is C43H25NO. The molecule has 0 amide bonds. The third-order valence-corrected chi connectivity index (χ3v) is 10.4. The van der Waals surface area contributed by atoms with Gasteiger partial charge in [0, 0.05) is 27.8 Å². The Morgan fingerprint density at radius 3 is 1.76 bits per heavy atom. The van der Waals surface area contributed by atoms with Crippen LogP contribution in [0.2, 0.25) is 0 Å². The van der Waals surface area contributed by atoms with Crippen LogP contribution in [0.1, 0.15) is 22.3 Å². The number of para-hydroxylation sites is 2. The maximum Gasteiger partial charge on any atom is 0.135 e. The highest BCUT2D eigenvalue weighted by atomic mass is 16.3. The van der Waals surface area contributed by atoms with E-state index >= 15 is 0 Å². The lowest BCUT2D eigenvalue weighted by Gasteiger charge is -2.30. The lowest BCUT2D eigenvalue weighted by Crippen LogP contribution is -2.23. The Kier molecular flexibility index (Phi) is 4.29. The fraction of sp³-hybridized carbons (Fsp3) is 0.0233. The average molecular weight is 572 g/mol. The summed E-state index contributed by atoms with van der Waals surface area (Å²) in [7, 11) is 0. The molecule has 11 rings (SSSR count). The van der Waals surface area contributed by atoms with Crippen LogP contribution in [0, 0.1) is 0 Å². The molecule has 0 fully saturated rings. The molecule has 1 spiro atoms. The molecule has 0 bridgehead atoms. The standard InChI is InChI=1S/C43H25NO/c1-2-10-26(11-3-1)44(27-21-23-40-36(24-27)31-13-5-7-19-39(31)45-40)28-20-22-30-33-15-9-17-35-34-16-8-14-32-29-12-4-6-18-37(29)43(41(32)34,42(33)35)38(30)25-28/h1-25H. The average Bonchev–Trinajstić information content (AvgIpc) is 3.80. The Bertz CT molecular complexity index is 2520. The summed E-state index contributed by atoms with van der Waals surface area (Å²) < 4.78 is 6.21. The van der Waals surface area contributed by atoms with Gasteiger partial charge in [-0.05, 0) is 104 Å². The molecule has 208 valence electrons. The van der Waals surface area contributed by atoms with E-state index in [0.29, 0.717) is 0 Å². The minimum atomic E-state index is -0.313. The van der Waals surface area contributed by atoms with Gasteiger partial charge in [0.1, 0.15) is 11.2 Å². The molecule has 1 atom stereocenters. The van der Waals surface area contributed by atoms with E-state index in [1.165, 1.54) is 55.6 Å². The molecule has 2 heteroatoms. The van der Waals surface area contributed by atoms with Crippen molar-refractivity contribution in [2.45, 2.75) is 5.41 Å². The van der Waals surface area contributed by atoms with Gasteiger partial charge in [0.05, 0.1) is 5.41 Å². The van der Waals surface area contributed by atoms with Gasteiger partial charge in [-0.15, -0.1) is 0 Å². The number of nitrogens with zero attached hydrogens (tertiary/aromatic N) is 1. The van der Waals surface area contributed by atoms with Gasteiger partial charge in [0.2, 0.25) is 0 Å². The molecule has 0 aliphatic heterocycles. The largest absolute Gasteiger partial charge is 0.456 e. The van der Waals surface area contributed by atoms with Gasteiger partial charge in [0.15, 0.2) is 0 Å². The van der Waals surface area contributed by atoms with E-state index in [4.69, 9.17) is 4.42 Å². The van der Waals surface area contributed by atoms with Gasteiger partial charge in [-0.2, -0.15) is 0 Å². The molecule has 3 aliphatic rings. The quantitative estimate of drug-likeness (QED) is 0.210. The first-order valence-electron chi connectivity index (χ1n) is 15.6. The van der Waals surface area contributed by atoms with Gasteiger partial charge >= 0.3 is 0 Å². The summed E-state index contributed by atoms with van der Waals surface area (Å²) in [4.78, 5) is 2.39. The van der Waals surface area contributed by atoms with Gasteiger partial charge in [0.25, 0.3) is 0 Å². The number of anilines is 3. The van der Waals surface area contributed by atoms with Crippen molar-refractivity contribution in [3.05, 3.63) is 174 Å². The summed E-state index contributed by atoms with van der Waals surface area (Å²) in [6.45, 7) is 0. The maximum absolute atomic E-state index is 6.21. The topological polar surface area (TPSA) is 16.4 Å². The fourth-order valence-electron chi connectivity index (χ4n) is 8.76. The molecule has 0 N–H and O–H groups in total. The second-order valence-electron chi connectivity index (χ2n) is 12.4. The van der Waals surface area contributed by atoms with Crippen molar-refractivity contribution < 1.29 is 4.42 Å². The number of furan rings is 1. The van der Waals surface area contributed by atoms with Crippen molar-refractivity contribution in [2.75, 3.05) is 4.90 Å². The zero-order chi connectivity index (χ0) is 29.3. The Morgan fingerprint density at radius 2 is 0.956 bits per heavy atom. The van der Waals surface area contributed by atoms with Crippen molar-refractivity contribution >= 4 is 39.0 Å². The summed E-state index contributed by atoms with van der Waals surface area (Å²) in [5.41, 5.74) is 18.7. The van der Waals surface area contributed by atoms with Crippen molar-refractivity contribution in [1.29, 1.82) is 0 Å². The summed E-state index contributed by atoms with van der Waals surface area (Å²) in [6, 6.07) is 55.5. The SMILES string of the molecule is c1ccc(N(c2ccc3c(c2)C24c5ccccc5-c5cccc(c52)-c2cccc-3c24)c2ccc3oc4ccccc4c3c2)cc1. The van der Waals surface area contributed by atoms with E-state index in [1.54, 1.807) is 0 Å². The molecule has 0 saturated carbocycles. The molecule has 1 heterocycles. The molecule has 0 radical (unpaired) electrons. The van der Waals surface area contributed by atoms with Crippen LogP contribution >= 0.6 is 0 Å². The van der Waals surface area contributed by atoms with Crippen molar-refractivity contribution in [1.82, 2.24) is 0 Å². The predicted molar refractivity (Wildman–Crippen MR) is 184 cm³/mol. The van der Waals surface area contributed by atoms with E-state index in [1.807, 2.05) is 12.1 Å². The van der Waals surface area contributed by atoms with E-state index in [0.717, 1.165) is 39.0 Å². The summed E-state index contributed by atoms with van der Waals surface area (Å²) in [6.07, 6.45) is 0. The number of fused-ring (bicyclic) bond motifs is 8. The number of benzene rings is 7. The minimum absolute atomic E-state index is 0.313. The van der Waals surface area contributed by atoms with E-state index in [2.05, 4.69) is 144 Å². The molecule has 0 saturated heterocycles. The van der Waals surface area contributed by atoms with Gasteiger partial charge in [-0.25, -0.2) is 0 Å². The van der Waals surface area contributed by atoms with Crippen LogP contribution in [0.4, 0.5) is 17.1 Å². The molecule has 7 aromatic carbocycles. The highest BCUT2D eigenvalue weighted by Crippen LogP contribution is 2.70. The second kappa shape index (κ2) is 8.19. The van der Waals surface area contributed by atoms with E-state index in [-0.39, 0.29) is 5.41 Å². The van der Waals surface area contributed by atoms with E-state index in [9.17, 15) is 0 Å². The Hall–Kier alpha value is -5.86. The van der Waals surface area contributed by atoms with Crippen LogP contribution in [0.15, 0.2) is 156 Å². The Morgan fingerprint density at radius 1 is 0.378 bits per heavy atom. The Labute approximate surface area is 260 Å². The summed E-state index contributed by atoms with van der Waals surface area (Å²) in [5, 5.41) is 2.26. The predicted octanol–water partition coefficient (Wildman–Crippen LogP) is 11.4. The molecule has 1 aromatic heterocycles. The highest BCUT2D eigenvalue weighted by Gasteiger charge is 2.57. The lowest BCUT2D eigenvalue weighted by atomic mass is 9.73. The monoisotopic (exact) mass is 571 g/mol. The minimum Gasteiger partial charge on any atom is -0.456 e. The third-order valence-electron chi connectivity index (χ3n) is 10.4. The highest BCUT2D eigenvalue weighted by molar-refractivity contribution is 6.08. The van der Waals surface area contributed by atoms with Crippen molar-refractivity contribution in [2.24, 2.45) is 0 Å². The fourth-order valence-corrected chi connectivity index (χ4v) is 8.76. The van der Waals surface area contributed by atoms with Crippen LogP contribution in [0.5, 0.6) is 0 Å². The van der Waals surface area contributed by atoms with Crippen LogP contribution in [0.3, 0.4) is 0 Å². The zero-order valence-corrected chi connectivity index (χ0v) is 24.3. The van der Waals surface area contributed by atoms with Crippen LogP contribution in [-0.4, -0.2) is 0 Å². The second-order valence-corrected chi connectivity index (χ2v) is 12.4. The first-order chi connectivity index (χ1) is 22.3. The molecule has 3 aliphatic carbocycles. The Balaban J connectivity index is 1.21. The number of hydrogen-bond acceptors (Lipinski definition) is 2. The molecular weight excluding hydrogens is 546 g/mol. The summed E-state index contributed by atoms with van der Waals surface area (Å²) in [5.74, 6) is 0. The van der Waals surface area contributed by atoms with Crippen LogP contribution in [-0.2, 0) is 5.41 Å². The van der Waals surface area contributed by atoms with Gasteiger partial charge < -0.3 is 9.32 Å². The van der Waals surface area contributed by atoms with Crippen LogP contribution in [0.25, 0.3) is 55.3 Å². The normalized spacial score (nSPS) is 16.1. The molecule has 8 aromatic rings. The lowest BCUT2D eigenvalue weighted by molar-refractivity contribution is 0.669. The smallest absolute Gasteiger partial charge is 0.135 e. The van der Waals surface area contributed by atoms with Gasteiger partial charge in [-0.3, -0.25) is 0 Å². The zero-order valence-electron chi connectivity index (χ0n) is 24.3. The first-order valence-corrected chi connectivity index (χ1v) is 15.6. The molecule has 45 heavy (non-hydrogen) atoms. The first kappa shape index (κ1) is 23.6. The molecule has 1 unspecified atom stereocenters. The number of rotatable bonds is 3. The molecule has 2 nitrogen and oxygen atoms in total.